The van der Waals surface area contributed by atoms with E-state index in [-0.39, 0.29) is 33.9 Å². The Kier molecular flexibility index (Phi) is 9.78. The quantitative estimate of drug-likeness (QED) is 0.174. The van der Waals surface area contributed by atoms with Gasteiger partial charge in [0.2, 0.25) is 11.9 Å². The molecule has 0 unspecified atom stereocenters. The molecule has 2 aliphatic carbocycles. The third-order valence-electron chi connectivity index (χ3n) is 13.2. The summed E-state index contributed by atoms with van der Waals surface area (Å²) in [6, 6.07) is 24.6. The van der Waals surface area contributed by atoms with Crippen LogP contribution in [0.5, 0.6) is 0 Å². The molecule has 4 aromatic carbocycles. The average Bonchev–Trinajstić information content (AvgIpc) is 3.82. The molecule has 0 bridgehead atoms. The second kappa shape index (κ2) is 15.5. The lowest BCUT2D eigenvalue weighted by Crippen LogP contribution is -2.40. The number of carboxylic acids is 1. The first-order valence-electron chi connectivity index (χ1n) is 20.8. The Bertz CT molecular complexity index is 2650. The number of morpholine rings is 1. The number of carboxylic acid groups (broad SMARTS) is 1. The van der Waals surface area contributed by atoms with Crippen LogP contribution >= 0.6 is 0 Å². The normalized spacial score (nSPS) is 17.8. The second-order valence-corrected chi connectivity index (χ2v) is 16.6. The largest absolute Gasteiger partial charge is 0.478 e. The van der Waals surface area contributed by atoms with Crippen molar-refractivity contribution in [2.75, 3.05) is 49.2 Å². The standard InChI is InChI=1S/C26H25FN4O2.C22H18FN3O2/c27-22-5-2-1-4-20(22)19-15-28-25(29-16-19)31-17-26(8-3-9-26)21-7-6-18(14-23(21)31)24(32)30-10-12-33-13-11-30;23-18-5-2-1-4-16(18)15-11-24-21(25-12-15)26-13-22(8-3-9-22)17-7-6-14(20(27)28)10-19(17)26/h1-2,4-7,14-16H,3,8-13,17H2;1-2,4-7,10-12H,3,8-9,13H2,(H,27,28). The van der Waals surface area contributed by atoms with E-state index in [1.54, 1.807) is 73.3 Å². The molecule has 308 valence electrons. The van der Waals surface area contributed by atoms with E-state index in [1.807, 2.05) is 28.0 Å². The van der Waals surface area contributed by atoms with Crippen LogP contribution < -0.4 is 9.80 Å². The fraction of sp³-hybridized carbons (Fsp3) is 0.292. The van der Waals surface area contributed by atoms with Crippen LogP contribution in [-0.4, -0.2) is 81.2 Å². The zero-order chi connectivity index (χ0) is 41.7. The molecule has 1 N–H and O–H groups in total. The van der Waals surface area contributed by atoms with Gasteiger partial charge < -0.3 is 24.5 Å². The summed E-state index contributed by atoms with van der Waals surface area (Å²) in [5.41, 5.74) is 7.60. The number of aromatic carboxylic acids is 1. The van der Waals surface area contributed by atoms with E-state index < -0.39 is 5.97 Å². The van der Waals surface area contributed by atoms with Crippen molar-refractivity contribution in [2.24, 2.45) is 0 Å². The van der Waals surface area contributed by atoms with Crippen molar-refractivity contribution in [1.82, 2.24) is 24.8 Å². The van der Waals surface area contributed by atoms with E-state index in [4.69, 9.17) is 4.74 Å². The second-order valence-electron chi connectivity index (χ2n) is 16.6. The summed E-state index contributed by atoms with van der Waals surface area (Å²) in [4.78, 5) is 48.7. The molecular weight excluding hydrogens is 777 g/mol. The van der Waals surface area contributed by atoms with Gasteiger partial charge >= 0.3 is 5.97 Å². The van der Waals surface area contributed by atoms with Gasteiger partial charge in [-0.1, -0.05) is 61.4 Å². The smallest absolute Gasteiger partial charge is 0.335 e. The summed E-state index contributed by atoms with van der Waals surface area (Å²) in [6.45, 7) is 3.93. The molecule has 6 aromatic rings. The first-order valence-corrected chi connectivity index (χ1v) is 20.8. The Morgan fingerprint density at radius 3 is 1.48 bits per heavy atom. The highest BCUT2D eigenvalue weighted by molar-refractivity contribution is 5.96. The fourth-order valence-electron chi connectivity index (χ4n) is 9.58. The van der Waals surface area contributed by atoms with E-state index >= 15 is 0 Å². The van der Waals surface area contributed by atoms with Crippen molar-refractivity contribution in [3.63, 3.8) is 0 Å². The maximum atomic E-state index is 14.2. The number of hydrogen-bond acceptors (Lipinski definition) is 9. The molecule has 5 aliphatic rings. The molecule has 2 spiro atoms. The number of hydrogen-bond donors (Lipinski definition) is 1. The molecule has 61 heavy (non-hydrogen) atoms. The van der Waals surface area contributed by atoms with Gasteiger partial charge in [0.05, 0.1) is 18.8 Å². The van der Waals surface area contributed by atoms with Crippen LogP contribution in [0.25, 0.3) is 22.3 Å². The van der Waals surface area contributed by atoms with Gasteiger partial charge in [0.25, 0.3) is 5.91 Å². The Hall–Kier alpha value is -6.60. The minimum atomic E-state index is -0.951. The van der Waals surface area contributed by atoms with E-state index in [0.717, 1.165) is 50.1 Å². The molecule has 3 aliphatic heterocycles. The van der Waals surface area contributed by atoms with Crippen LogP contribution in [0.4, 0.5) is 32.1 Å². The maximum absolute atomic E-state index is 14.2. The molecule has 2 saturated carbocycles. The molecular formula is C48H43F2N7O4. The van der Waals surface area contributed by atoms with Crippen LogP contribution in [0.2, 0.25) is 0 Å². The van der Waals surface area contributed by atoms with E-state index in [9.17, 15) is 23.5 Å². The Morgan fingerprint density at radius 1 is 0.607 bits per heavy atom. The third-order valence-corrected chi connectivity index (χ3v) is 13.2. The van der Waals surface area contributed by atoms with Crippen molar-refractivity contribution in [2.45, 2.75) is 49.4 Å². The van der Waals surface area contributed by atoms with Crippen molar-refractivity contribution >= 4 is 35.1 Å². The Balaban J connectivity index is 0.000000148. The topological polar surface area (TPSA) is 125 Å². The van der Waals surface area contributed by atoms with Gasteiger partial charge in [0.15, 0.2) is 0 Å². The minimum absolute atomic E-state index is 0.0337. The number of halogens is 2. The van der Waals surface area contributed by atoms with Gasteiger partial charge in [-0.05, 0) is 73.2 Å². The van der Waals surface area contributed by atoms with E-state index in [0.29, 0.717) is 66.0 Å². The van der Waals surface area contributed by atoms with Crippen LogP contribution in [0.1, 0.15) is 70.4 Å². The monoisotopic (exact) mass is 819 g/mol. The van der Waals surface area contributed by atoms with Gasteiger partial charge in [-0.2, -0.15) is 0 Å². The predicted octanol–water partition coefficient (Wildman–Crippen LogP) is 8.88. The lowest BCUT2D eigenvalue weighted by atomic mass is 9.65. The summed E-state index contributed by atoms with van der Waals surface area (Å²) in [6.07, 6.45) is 13.4. The number of amides is 1. The van der Waals surface area contributed by atoms with E-state index in [2.05, 4.69) is 30.9 Å². The first kappa shape index (κ1) is 38.6. The maximum Gasteiger partial charge on any atom is 0.335 e. The zero-order valence-electron chi connectivity index (χ0n) is 33.4. The Morgan fingerprint density at radius 2 is 1.05 bits per heavy atom. The van der Waals surface area contributed by atoms with Crippen LogP contribution in [-0.2, 0) is 15.6 Å². The van der Waals surface area contributed by atoms with Crippen molar-refractivity contribution in [1.29, 1.82) is 0 Å². The number of carbonyl (C=O) groups excluding carboxylic acids is 1. The number of nitrogens with zero attached hydrogens (tertiary/aromatic N) is 7. The zero-order valence-corrected chi connectivity index (χ0v) is 33.4. The van der Waals surface area contributed by atoms with Crippen LogP contribution in [0.3, 0.4) is 0 Å². The molecule has 3 fully saturated rings. The summed E-state index contributed by atoms with van der Waals surface area (Å²) in [5, 5.41) is 9.38. The number of aromatic nitrogens is 4. The highest BCUT2D eigenvalue weighted by Gasteiger charge is 2.49. The SMILES string of the molecule is O=C(O)c1ccc2c(c1)N(c1ncc(-c3ccccc3F)cn1)CC21CCC1.O=C(c1ccc2c(c1)N(c1ncc(-c3ccccc3F)cn1)CC21CCC1)N1CCOCC1. The number of anilines is 4. The first-order chi connectivity index (χ1) is 29.7. The molecule has 1 saturated heterocycles. The average molecular weight is 820 g/mol. The minimum Gasteiger partial charge on any atom is -0.478 e. The molecule has 2 aromatic heterocycles. The number of benzene rings is 4. The van der Waals surface area contributed by atoms with Crippen LogP contribution in [0.15, 0.2) is 110 Å². The molecule has 11 rings (SSSR count). The van der Waals surface area contributed by atoms with Crippen molar-refractivity contribution in [3.05, 3.63) is 144 Å². The van der Waals surface area contributed by atoms with Gasteiger partial charge in [-0.15, -0.1) is 0 Å². The highest BCUT2D eigenvalue weighted by Crippen LogP contribution is 2.55. The lowest BCUT2D eigenvalue weighted by molar-refractivity contribution is 0.0303. The fourth-order valence-corrected chi connectivity index (χ4v) is 9.58. The molecule has 0 atom stereocenters. The van der Waals surface area contributed by atoms with Crippen molar-refractivity contribution in [3.8, 4) is 22.3 Å². The third kappa shape index (κ3) is 6.86. The van der Waals surface area contributed by atoms with E-state index in [1.165, 1.54) is 36.1 Å². The highest BCUT2D eigenvalue weighted by atomic mass is 19.1. The molecule has 0 radical (unpaired) electrons. The van der Waals surface area contributed by atoms with Gasteiger partial charge in [-0.25, -0.2) is 33.5 Å². The molecule has 1 amide bonds. The summed E-state index contributed by atoms with van der Waals surface area (Å²) in [5.74, 6) is -0.437. The van der Waals surface area contributed by atoms with Gasteiger partial charge in [0.1, 0.15) is 11.6 Å². The lowest BCUT2D eigenvalue weighted by Gasteiger charge is -2.39. The summed E-state index contributed by atoms with van der Waals surface area (Å²) < 4.78 is 33.6. The number of rotatable bonds is 6. The molecule has 13 heteroatoms. The Labute approximate surface area is 351 Å². The summed E-state index contributed by atoms with van der Waals surface area (Å²) >= 11 is 0. The summed E-state index contributed by atoms with van der Waals surface area (Å²) in [7, 11) is 0. The van der Waals surface area contributed by atoms with Gasteiger partial charge in [-0.3, -0.25) is 4.79 Å². The molecule has 11 nitrogen and oxygen atoms in total. The van der Waals surface area contributed by atoms with Crippen LogP contribution in [0, 0.1) is 11.6 Å². The van der Waals surface area contributed by atoms with Gasteiger partial charge in [0, 0.05) is 101 Å². The number of carbonyl (C=O) groups is 2. The number of ether oxygens (including phenoxy) is 1. The van der Waals surface area contributed by atoms with Crippen molar-refractivity contribution < 1.29 is 28.2 Å². The predicted molar refractivity (Wildman–Crippen MR) is 226 cm³/mol. The number of fused-ring (bicyclic) bond motifs is 4. The molecule has 5 heterocycles.